The van der Waals surface area contributed by atoms with Crippen LogP contribution in [0.25, 0.3) is 0 Å². The van der Waals surface area contributed by atoms with Crippen molar-refractivity contribution in [3.63, 3.8) is 0 Å². The smallest absolute Gasteiger partial charge is 0.274 e. The van der Waals surface area contributed by atoms with Crippen LogP contribution in [0.4, 0.5) is 5.69 Å². The Labute approximate surface area is 177 Å². The average molecular weight is 399 g/mol. The van der Waals surface area contributed by atoms with Gasteiger partial charge in [-0.25, -0.2) is 5.01 Å². The van der Waals surface area contributed by atoms with Gasteiger partial charge in [0.15, 0.2) is 0 Å². The molecular formula is C25H26N4O. The van der Waals surface area contributed by atoms with Crippen LogP contribution < -0.4 is 4.90 Å². The van der Waals surface area contributed by atoms with E-state index < -0.39 is 0 Å². The lowest BCUT2D eigenvalue weighted by molar-refractivity contribution is 0.0711. The number of hydrogen-bond donors (Lipinski definition) is 0. The van der Waals surface area contributed by atoms with E-state index in [0.29, 0.717) is 12.0 Å². The van der Waals surface area contributed by atoms with Gasteiger partial charge < -0.3 is 4.90 Å². The van der Waals surface area contributed by atoms with Crippen molar-refractivity contribution in [1.29, 1.82) is 0 Å². The topological polar surface area (TPSA) is 48.8 Å². The summed E-state index contributed by atoms with van der Waals surface area (Å²) in [7, 11) is 0. The summed E-state index contributed by atoms with van der Waals surface area (Å²) < 4.78 is 0. The fourth-order valence-corrected chi connectivity index (χ4v) is 3.87. The minimum Gasteiger partial charge on any atom is -0.372 e. The molecule has 0 bridgehead atoms. The van der Waals surface area contributed by atoms with Crippen LogP contribution in [0.15, 0.2) is 84.2 Å². The molecule has 152 valence electrons. The largest absolute Gasteiger partial charge is 0.372 e. The van der Waals surface area contributed by atoms with Crippen LogP contribution in [0.1, 0.15) is 47.8 Å². The second-order valence-corrected chi connectivity index (χ2v) is 7.29. The summed E-state index contributed by atoms with van der Waals surface area (Å²) >= 11 is 0. The van der Waals surface area contributed by atoms with Crippen molar-refractivity contribution in [2.45, 2.75) is 26.3 Å². The van der Waals surface area contributed by atoms with Crippen molar-refractivity contribution in [3.05, 3.63) is 95.8 Å². The second kappa shape index (κ2) is 8.91. The third kappa shape index (κ3) is 3.96. The summed E-state index contributed by atoms with van der Waals surface area (Å²) in [5, 5.41) is 6.36. The number of aromatic nitrogens is 1. The van der Waals surface area contributed by atoms with Crippen LogP contribution in [-0.4, -0.2) is 34.7 Å². The molecule has 1 unspecified atom stereocenters. The maximum absolute atomic E-state index is 13.3. The molecule has 1 aliphatic rings. The van der Waals surface area contributed by atoms with Crippen molar-refractivity contribution in [2.75, 3.05) is 18.0 Å². The number of carbonyl (C=O) groups excluding carboxylic acids is 1. The third-order valence-electron chi connectivity index (χ3n) is 5.54. The normalized spacial score (nSPS) is 15.7. The zero-order valence-electron chi connectivity index (χ0n) is 17.4. The summed E-state index contributed by atoms with van der Waals surface area (Å²) in [4.78, 5) is 19.8. The maximum Gasteiger partial charge on any atom is 0.274 e. The summed E-state index contributed by atoms with van der Waals surface area (Å²) in [6.45, 7) is 6.24. The Morgan fingerprint density at radius 3 is 2.37 bits per heavy atom. The van der Waals surface area contributed by atoms with Gasteiger partial charge in [0.2, 0.25) is 0 Å². The Bertz CT molecular complexity index is 1010. The number of amides is 1. The van der Waals surface area contributed by atoms with Crippen molar-refractivity contribution in [3.8, 4) is 0 Å². The fourth-order valence-electron chi connectivity index (χ4n) is 3.87. The van der Waals surface area contributed by atoms with E-state index >= 15 is 0 Å². The monoisotopic (exact) mass is 398 g/mol. The highest BCUT2D eigenvalue weighted by Gasteiger charge is 2.33. The summed E-state index contributed by atoms with van der Waals surface area (Å²) in [5.74, 6) is -0.0905. The molecule has 3 aromatic rings. The molecule has 0 saturated carbocycles. The van der Waals surface area contributed by atoms with Gasteiger partial charge in [0, 0.05) is 48.7 Å². The number of anilines is 1. The fraction of sp³-hybridized carbons (Fsp3) is 0.240. The maximum atomic E-state index is 13.3. The Morgan fingerprint density at radius 1 is 1.00 bits per heavy atom. The number of benzene rings is 2. The van der Waals surface area contributed by atoms with Gasteiger partial charge in [-0.15, -0.1) is 0 Å². The lowest BCUT2D eigenvalue weighted by Crippen LogP contribution is -2.27. The van der Waals surface area contributed by atoms with E-state index in [2.05, 4.69) is 48.0 Å². The quantitative estimate of drug-likeness (QED) is 0.592. The van der Waals surface area contributed by atoms with E-state index in [1.165, 1.54) is 5.69 Å². The van der Waals surface area contributed by atoms with Gasteiger partial charge in [-0.05, 0) is 49.7 Å². The first kappa shape index (κ1) is 19.8. The molecule has 2 heterocycles. The number of rotatable bonds is 6. The van der Waals surface area contributed by atoms with Crippen molar-refractivity contribution >= 4 is 17.3 Å². The van der Waals surface area contributed by atoms with Gasteiger partial charge in [-0.3, -0.25) is 9.78 Å². The van der Waals surface area contributed by atoms with Crippen LogP contribution in [0.5, 0.6) is 0 Å². The standard InChI is InChI=1S/C25H26N4O/c1-3-28(4-2)22-14-12-19(13-15-22)24-17-23(21-11-8-16-26-18-21)27-29(24)25(30)20-9-6-5-7-10-20/h5-16,18,24H,3-4,17H2,1-2H3. The molecule has 0 fully saturated rings. The van der Waals surface area contributed by atoms with Crippen LogP contribution in [-0.2, 0) is 0 Å². The molecule has 30 heavy (non-hydrogen) atoms. The Hall–Kier alpha value is -3.47. The highest BCUT2D eigenvalue weighted by atomic mass is 16.2. The van der Waals surface area contributed by atoms with Gasteiger partial charge in [-0.2, -0.15) is 5.10 Å². The van der Waals surface area contributed by atoms with E-state index in [4.69, 9.17) is 5.10 Å². The van der Waals surface area contributed by atoms with E-state index in [1.807, 2.05) is 42.5 Å². The molecule has 5 heteroatoms. The minimum absolute atomic E-state index is 0.0905. The average Bonchev–Trinajstić information content (AvgIpc) is 3.26. The zero-order valence-corrected chi connectivity index (χ0v) is 17.4. The lowest BCUT2D eigenvalue weighted by Gasteiger charge is -2.24. The van der Waals surface area contributed by atoms with E-state index in [0.717, 1.165) is 29.9 Å². The molecule has 0 radical (unpaired) electrons. The lowest BCUT2D eigenvalue weighted by atomic mass is 9.98. The van der Waals surface area contributed by atoms with Crippen LogP contribution in [0, 0.1) is 0 Å². The summed E-state index contributed by atoms with van der Waals surface area (Å²) in [5.41, 5.74) is 4.74. The van der Waals surface area contributed by atoms with Gasteiger partial charge >= 0.3 is 0 Å². The zero-order chi connectivity index (χ0) is 20.9. The third-order valence-corrected chi connectivity index (χ3v) is 5.54. The molecule has 0 spiro atoms. The predicted molar refractivity (Wildman–Crippen MR) is 121 cm³/mol. The Morgan fingerprint density at radius 2 is 1.73 bits per heavy atom. The Kier molecular flexibility index (Phi) is 5.89. The number of carbonyl (C=O) groups is 1. The molecule has 4 rings (SSSR count). The van der Waals surface area contributed by atoms with Crippen LogP contribution in [0.3, 0.4) is 0 Å². The van der Waals surface area contributed by atoms with Gasteiger partial charge in [0.1, 0.15) is 0 Å². The highest BCUT2D eigenvalue weighted by molar-refractivity contribution is 6.04. The van der Waals surface area contributed by atoms with Gasteiger partial charge in [-0.1, -0.05) is 36.4 Å². The van der Waals surface area contributed by atoms with Crippen LogP contribution in [0.2, 0.25) is 0 Å². The Balaban J connectivity index is 1.67. The van der Waals surface area contributed by atoms with E-state index in [1.54, 1.807) is 17.4 Å². The first-order chi connectivity index (χ1) is 14.7. The second-order valence-electron chi connectivity index (χ2n) is 7.29. The first-order valence-corrected chi connectivity index (χ1v) is 10.4. The number of nitrogens with zero attached hydrogens (tertiary/aromatic N) is 4. The molecular weight excluding hydrogens is 372 g/mol. The summed E-state index contributed by atoms with van der Waals surface area (Å²) in [6.07, 6.45) is 4.21. The van der Waals surface area contributed by atoms with Gasteiger partial charge in [0.25, 0.3) is 5.91 Å². The molecule has 1 atom stereocenters. The minimum atomic E-state index is -0.140. The molecule has 0 N–H and O–H groups in total. The van der Waals surface area contributed by atoms with E-state index in [9.17, 15) is 4.79 Å². The SMILES string of the molecule is CCN(CC)c1ccc(C2CC(c3cccnc3)=NN2C(=O)c2ccccc2)cc1. The van der Waals surface area contributed by atoms with Gasteiger partial charge in [0.05, 0.1) is 11.8 Å². The summed E-state index contributed by atoms with van der Waals surface area (Å²) in [6, 6.07) is 21.6. The molecule has 1 aromatic heterocycles. The predicted octanol–water partition coefficient (Wildman–Crippen LogP) is 4.92. The van der Waals surface area contributed by atoms with E-state index in [-0.39, 0.29) is 11.9 Å². The molecule has 0 aliphatic carbocycles. The first-order valence-electron chi connectivity index (χ1n) is 10.4. The van der Waals surface area contributed by atoms with Crippen LogP contribution >= 0.6 is 0 Å². The molecule has 1 amide bonds. The number of pyridine rings is 1. The van der Waals surface area contributed by atoms with Crippen molar-refractivity contribution < 1.29 is 4.79 Å². The molecule has 2 aromatic carbocycles. The number of hydrazone groups is 1. The molecule has 5 nitrogen and oxygen atoms in total. The van der Waals surface area contributed by atoms with Crippen molar-refractivity contribution in [2.24, 2.45) is 5.10 Å². The molecule has 0 saturated heterocycles. The molecule has 1 aliphatic heterocycles. The highest BCUT2D eigenvalue weighted by Crippen LogP contribution is 2.34. The van der Waals surface area contributed by atoms with Crippen molar-refractivity contribution in [1.82, 2.24) is 9.99 Å². The number of hydrogen-bond acceptors (Lipinski definition) is 4.